The molecule has 104 valence electrons. The van der Waals surface area contributed by atoms with Crippen molar-refractivity contribution in [3.8, 4) is 0 Å². The summed E-state index contributed by atoms with van der Waals surface area (Å²) in [7, 11) is 0. The molecule has 1 aromatic heterocycles. The van der Waals surface area contributed by atoms with Gasteiger partial charge < -0.3 is 10.2 Å². The van der Waals surface area contributed by atoms with Crippen LogP contribution in [0, 0.1) is 11.8 Å². The van der Waals surface area contributed by atoms with Gasteiger partial charge in [0.1, 0.15) is 0 Å². The van der Waals surface area contributed by atoms with Gasteiger partial charge in [0.15, 0.2) is 5.82 Å². The predicted octanol–water partition coefficient (Wildman–Crippen LogP) is 1.84. The minimum Gasteiger partial charge on any atom is -0.308 e. The number of carbonyl (C=O) groups is 1. The molecule has 0 aliphatic carbocycles. The highest BCUT2D eigenvalue weighted by Crippen LogP contribution is 2.33. The first-order chi connectivity index (χ1) is 9.81. The van der Waals surface area contributed by atoms with Crippen LogP contribution in [0.15, 0.2) is 24.3 Å². The summed E-state index contributed by atoms with van der Waals surface area (Å²) in [6.45, 7) is 3.21. The largest absolute Gasteiger partial charge is 0.308 e. The standard InChI is InChI=1S/C15H18N4O/c20-15(12-9-19-7-5-10(12)6-8-19)16-14-11-3-1-2-4-13(11)17-18-14/h1-4,10,12H,5-9H2,(H2,16,17,18,20). The number of piperidine rings is 3. The number of benzene rings is 1. The number of hydrogen-bond acceptors (Lipinski definition) is 3. The van der Waals surface area contributed by atoms with E-state index >= 15 is 0 Å². The van der Waals surface area contributed by atoms with Crippen LogP contribution in [0.2, 0.25) is 0 Å². The fourth-order valence-electron chi connectivity index (χ4n) is 3.53. The van der Waals surface area contributed by atoms with Crippen molar-refractivity contribution in [2.45, 2.75) is 12.8 Å². The molecule has 2 aromatic rings. The van der Waals surface area contributed by atoms with Gasteiger partial charge in [0.05, 0.1) is 11.4 Å². The minimum atomic E-state index is 0.118. The number of H-pyrrole nitrogens is 1. The van der Waals surface area contributed by atoms with Crippen LogP contribution in [-0.2, 0) is 4.79 Å². The molecule has 3 fully saturated rings. The molecule has 0 radical (unpaired) electrons. The molecule has 1 atom stereocenters. The molecule has 5 nitrogen and oxygen atoms in total. The van der Waals surface area contributed by atoms with E-state index in [1.165, 1.54) is 0 Å². The SMILES string of the molecule is O=C(Nc1n[nH]c2ccccc12)C1CN2CCC1CC2. The molecule has 3 saturated heterocycles. The number of para-hydroxylation sites is 1. The Morgan fingerprint density at radius 1 is 1.30 bits per heavy atom. The molecule has 1 amide bonds. The van der Waals surface area contributed by atoms with E-state index in [0.29, 0.717) is 11.7 Å². The molecule has 2 N–H and O–H groups in total. The zero-order chi connectivity index (χ0) is 13.5. The van der Waals surface area contributed by atoms with Crippen LogP contribution in [0.3, 0.4) is 0 Å². The number of nitrogens with zero attached hydrogens (tertiary/aromatic N) is 2. The number of aromatic nitrogens is 2. The fourth-order valence-corrected chi connectivity index (χ4v) is 3.53. The zero-order valence-electron chi connectivity index (χ0n) is 11.3. The average Bonchev–Trinajstić information content (AvgIpc) is 2.92. The van der Waals surface area contributed by atoms with Gasteiger partial charge in [-0.3, -0.25) is 9.89 Å². The Kier molecular flexibility index (Phi) is 2.73. The van der Waals surface area contributed by atoms with E-state index in [4.69, 9.17) is 0 Å². The fraction of sp³-hybridized carbons (Fsp3) is 0.467. The Labute approximate surface area is 117 Å². The molecular formula is C15H18N4O. The Morgan fingerprint density at radius 3 is 2.85 bits per heavy atom. The lowest BCUT2D eigenvalue weighted by molar-refractivity contribution is -0.125. The first-order valence-electron chi connectivity index (χ1n) is 7.27. The Hall–Kier alpha value is -1.88. The molecule has 1 aromatic carbocycles. The molecule has 0 saturated carbocycles. The van der Waals surface area contributed by atoms with Crippen molar-refractivity contribution < 1.29 is 4.79 Å². The number of carbonyl (C=O) groups excluding carboxylic acids is 1. The number of fused-ring (bicyclic) bond motifs is 4. The summed E-state index contributed by atoms with van der Waals surface area (Å²) in [5.74, 6) is 1.44. The molecule has 5 heteroatoms. The topological polar surface area (TPSA) is 61.0 Å². The van der Waals surface area contributed by atoms with E-state index in [2.05, 4.69) is 20.4 Å². The predicted molar refractivity (Wildman–Crippen MR) is 77.4 cm³/mol. The minimum absolute atomic E-state index is 0.118. The van der Waals surface area contributed by atoms with Gasteiger partial charge in [-0.1, -0.05) is 12.1 Å². The second-order valence-corrected chi connectivity index (χ2v) is 5.85. The summed E-state index contributed by atoms with van der Waals surface area (Å²) in [6.07, 6.45) is 2.30. The number of aromatic amines is 1. The van der Waals surface area contributed by atoms with Crippen molar-refractivity contribution in [2.24, 2.45) is 11.8 Å². The van der Waals surface area contributed by atoms with Gasteiger partial charge in [0, 0.05) is 11.9 Å². The third-order valence-corrected chi connectivity index (χ3v) is 4.70. The van der Waals surface area contributed by atoms with Crippen molar-refractivity contribution in [1.82, 2.24) is 15.1 Å². The summed E-state index contributed by atoms with van der Waals surface area (Å²) in [5.41, 5.74) is 0.955. The monoisotopic (exact) mass is 270 g/mol. The lowest BCUT2D eigenvalue weighted by Crippen LogP contribution is -2.51. The second-order valence-electron chi connectivity index (χ2n) is 5.85. The Bertz CT molecular complexity index is 642. The molecule has 3 aliphatic heterocycles. The van der Waals surface area contributed by atoms with Gasteiger partial charge >= 0.3 is 0 Å². The number of nitrogens with one attached hydrogen (secondary N) is 2. The lowest BCUT2D eigenvalue weighted by atomic mass is 9.78. The lowest BCUT2D eigenvalue weighted by Gasteiger charge is -2.43. The third kappa shape index (κ3) is 1.89. The van der Waals surface area contributed by atoms with Crippen LogP contribution in [0.5, 0.6) is 0 Å². The number of anilines is 1. The summed E-state index contributed by atoms with van der Waals surface area (Å²) in [4.78, 5) is 14.9. The highest BCUT2D eigenvalue weighted by Gasteiger charge is 2.38. The molecule has 20 heavy (non-hydrogen) atoms. The van der Waals surface area contributed by atoms with Crippen LogP contribution in [0.1, 0.15) is 12.8 Å². The normalized spacial score (nSPS) is 28.7. The molecule has 1 unspecified atom stereocenters. The smallest absolute Gasteiger partial charge is 0.230 e. The van der Waals surface area contributed by atoms with Gasteiger partial charge in [-0.15, -0.1) is 0 Å². The third-order valence-electron chi connectivity index (χ3n) is 4.70. The maximum Gasteiger partial charge on any atom is 0.230 e. The van der Waals surface area contributed by atoms with E-state index in [9.17, 15) is 4.79 Å². The highest BCUT2D eigenvalue weighted by atomic mass is 16.2. The van der Waals surface area contributed by atoms with Crippen molar-refractivity contribution in [3.05, 3.63) is 24.3 Å². The van der Waals surface area contributed by atoms with E-state index in [1.54, 1.807) is 0 Å². The van der Waals surface area contributed by atoms with Crippen molar-refractivity contribution in [1.29, 1.82) is 0 Å². The van der Waals surface area contributed by atoms with Crippen molar-refractivity contribution >= 4 is 22.6 Å². The summed E-state index contributed by atoms with van der Waals surface area (Å²) >= 11 is 0. The van der Waals surface area contributed by atoms with E-state index in [-0.39, 0.29) is 11.8 Å². The van der Waals surface area contributed by atoms with E-state index in [1.807, 2.05) is 24.3 Å². The molecule has 0 spiro atoms. The van der Waals surface area contributed by atoms with Gasteiger partial charge in [-0.05, 0) is 44.0 Å². The molecule has 4 heterocycles. The van der Waals surface area contributed by atoms with Gasteiger partial charge in [0.25, 0.3) is 0 Å². The first-order valence-corrected chi connectivity index (χ1v) is 7.27. The number of hydrogen-bond donors (Lipinski definition) is 2. The molecule has 3 aliphatic rings. The zero-order valence-corrected chi connectivity index (χ0v) is 11.3. The summed E-state index contributed by atoms with van der Waals surface area (Å²) < 4.78 is 0. The van der Waals surface area contributed by atoms with Gasteiger partial charge in [-0.25, -0.2) is 0 Å². The Morgan fingerprint density at radius 2 is 2.10 bits per heavy atom. The van der Waals surface area contributed by atoms with Gasteiger partial charge in [-0.2, -0.15) is 5.10 Å². The van der Waals surface area contributed by atoms with Crippen LogP contribution in [0.4, 0.5) is 5.82 Å². The number of rotatable bonds is 2. The van der Waals surface area contributed by atoms with Crippen LogP contribution in [-0.4, -0.2) is 40.6 Å². The quantitative estimate of drug-likeness (QED) is 0.875. The maximum atomic E-state index is 12.5. The van der Waals surface area contributed by atoms with Crippen LogP contribution in [0.25, 0.3) is 10.9 Å². The van der Waals surface area contributed by atoms with Crippen molar-refractivity contribution in [3.63, 3.8) is 0 Å². The van der Waals surface area contributed by atoms with E-state index < -0.39 is 0 Å². The Balaban J connectivity index is 1.55. The summed E-state index contributed by atoms with van der Waals surface area (Å²) in [5, 5.41) is 11.2. The second kappa shape index (κ2) is 4.59. The average molecular weight is 270 g/mol. The molecule has 2 bridgehead atoms. The van der Waals surface area contributed by atoms with Crippen LogP contribution >= 0.6 is 0 Å². The maximum absolute atomic E-state index is 12.5. The van der Waals surface area contributed by atoms with Gasteiger partial charge in [0.2, 0.25) is 5.91 Å². The highest BCUT2D eigenvalue weighted by molar-refractivity contribution is 6.00. The molecule has 5 rings (SSSR count). The molecular weight excluding hydrogens is 252 g/mol. The summed E-state index contributed by atoms with van der Waals surface area (Å²) in [6, 6.07) is 7.86. The number of amides is 1. The first kappa shape index (κ1) is 11.9. The van der Waals surface area contributed by atoms with Crippen molar-refractivity contribution in [2.75, 3.05) is 25.0 Å². The van der Waals surface area contributed by atoms with Crippen LogP contribution < -0.4 is 5.32 Å². The van der Waals surface area contributed by atoms with E-state index in [0.717, 1.165) is 43.4 Å².